The molecule has 3 fully saturated rings. The van der Waals surface area contributed by atoms with Crippen LogP contribution in [0, 0.1) is 5.41 Å². The number of likely N-dealkylation sites (tertiary alicyclic amines) is 1. The van der Waals surface area contributed by atoms with E-state index in [2.05, 4.69) is 33.9 Å². The van der Waals surface area contributed by atoms with E-state index in [-0.39, 0.29) is 41.0 Å². The highest BCUT2D eigenvalue weighted by Crippen LogP contribution is 2.49. The fourth-order valence-electron chi connectivity index (χ4n) is 9.43. The van der Waals surface area contributed by atoms with Crippen LogP contribution in [0.15, 0.2) is 46.3 Å². The zero-order chi connectivity index (χ0) is 42.0. The summed E-state index contributed by atoms with van der Waals surface area (Å²) in [6.07, 6.45) is 11.8. The van der Waals surface area contributed by atoms with Crippen LogP contribution in [0.5, 0.6) is 17.2 Å². The van der Waals surface area contributed by atoms with Gasteiger partial charge in [0.25, 0.3) is 17.4 Å². The highest BCUT2D eigenvalue weighted by atomic mass is 16.5. The Morgan fingerprint density at radius 1 is 0.983 bits per heavy atom. The molecule has 0 bridgehead atoms. The van der Waals surface area contributed by atoms with Crippen molar-refractivity contribution in [1.82, 2.24) is 24.6 Å². The number of aromatic nitrogens is 1. The van der Waals surface area contributed by atoms with Crippen LogP contribution in [0.1, 0.15) is 84.6 Å². The van der Waals surface area contributed by atoms with Crippen molar-refractivity contribution in [1.29, 1.82) is 0 Å². The van der Waals surface area contributed by atoms with Gasteiger partial charge in [0.2, 0.25) is 11.8 Å². The number of pyridine rings is 1. The van der Waals surface area contributed by atoms with Crippen LogP contribution < -0.4 is 35.5 Å². The maximum Gasteiger partial charge on any atom is 0.262 e. The summed E-state index contributed by atoms with van der Waals surface area (Å²) >= 11 is 0. The van der Waals surface area contributed by atoms with Gasteiger partial charge in [-0.25, -0.2) is 0 Å². The molecule has 1 saturated carbocycles. The predicted molar refractivity (Wildman–Crippen MR) is 224 cm³/mol. The lowest BCUT2D eigenvalue weighted by Crippen LogP contribution is -2.54. The lowest BCUT2D eigenvalue weighted by atomic mass is 9.62. The topological polar surface area (TPSA) is 152 Å². The number of hydrogen-bond donors (Lipinski definition) is 1. The van der Waals surface area contributed by atoms with E-state index in [4.69, 9.17) is 14.2 Å². The first kappa shape index (κ1) is 41.6. The standard InChI is InChI=1S/C45H54N6O8/c1-7-31-34(24-46-2)42(54)49(4)26-35(31)28-19-38(57-5)36(39(20-28)58-6)25-48(3)16-8-9-17-50-18-10-15-45(27-50)22-30(23-45)59-29-11-12-32-33(21-29)44(56)51(43(32)55)37-13-14-40(52)47-41(37)53/h7,11-12,19-21,24,26,30,37H,2,8-10,13-18,22-23,25,27H2,1,3-6H3,(H,47,52,53)/b31-7+,34-24+/t30?,37-,45?/m1/s1. The van der Waals surface area contributed by atoms with Crippen molar-refractivity contribution < 1.29 is 33.4 Å². The van der Waals surface area contributed by atoms with E-state index in [1.165, 1.54) is 12.6 Å². The number of nitrogens with zero attached hydrogens (tertiary/aromatic N) is 5. The Bertz CT molecular complexity index is 2340. The molecule has 2 aromatic carbocycles. The molecule has 4 aliphatic rings. The van der Waals surface area contributed by atoms with E-state index >= 15 is 0 Å². The first-order valence-corrected chi connectivity index (χ1v) is 20.4. The minimum atomic E-state index is -0.993. The van der Waals surface area contributed by atoms with Gasteiger partial charge in [0.1, 0.15) is 23.3 Å². The molecule has 4 heterocycles. The third kappa shape index (κ3) is 8.33. The lowest BCUT2D eigenvalue weighted by molar-refractivity contribution is -0.136. The van der Waals surface area contributed by atoms with Crippen LogP contribution in [0.2, 0.25) is 0 Å². The molecule has 3 aromatic rings. The van der Waals surface area contributed by atoms with Gasteiger partial charge in [0.05, 0.1) is 42.2 Å². The number of rotatable bonds is 14. The van der Waals surface area contributed by atoms with Gasteiger partial charge in [0, 0.05) is 44.5 Å². The second-order valence-corrected chi connectivity index (χ2v) is 16.4. The molecule has 0 radical (unpaired) electrons. The van der Waals surface area contributed by atoms with Crippen molar-refractivity contribution in [2.45, 2.75) is 77.0 Å². The van der Waals surface area contributed by atoms with Crippen LogP contribution in [0.25, 0.3) is 23.4 Å². The predicted octanol–water partition coefficient (Wildman–Crippen LogP) is 3.25. The maximum atomic E-state index is 13.3. The van der Waals surface area contributed by atoms with Gasteiger partial charge in [-0.2, -0.15) is 0 Å². The zero-order valence-corrected chi connectivity index (χ0v) is 34.7. The Hall–Kier alpha value is -5.60. The van der Waals surface area contributed by atoms with Crippen molar-refractivity contribution >= 4 is 42.6 Å². The molecule has 7 rings (SSSR count). The molecule has 59 heavy (non-hydrogen) atoms. The molecule has 1 aliphatic carbocycles. The van der Waals surface area contributed by atoms with E-state index < -0.39 is 29.7 Å². The van der Waals surface area contributed by atoms with Crippen molar-refractivity contribution in [3.8, 4) is 28.4 Å². The Kier molecular flexibility index (Phi) is 12.2. The van der Waals surface area contributed by atoms with E-state index in [9.17, 15) is 24.0 Å². The summed E-state index contributed by atoms with van der Waals surface area (Å²) in [4.78, 5) is 73.0. The van der Waals surface area contributed by atoms with Gasteiger partial charge in [-0.3, -0.25) is 39.2 Å². The number of methoxy groups -OCH3 is 2. The van der Waals surface area contributed by atoms with Gasteiger partial charge in [-0.15, -0.1) is 0 Å². The van der Waals surface area contributed by atoms with Crippen molar-refractivity contribution in [2.24, 2.45) is 17.5 Å². The molecule has 14 heteroatoms. The highest BCUT2D eigenvalue weighted by Gasteiger charge is 2.48. The Morgan fingerprint density at radius 3 is 2.39 bits per heavy atom. The van der Waals surface area contributed by atoms with Gasteiger partial charge in [0.15, 0.2) is 0 Å². The number of unbranched alkanes of at least 4 members (excludes halogenated alkanes) is 1. The molecular formula is C45H54N6O8. The number of aliphatic imine (C=N–C) groups is 1. The minimum absolute atomic E-state index is 0.0297. The fraction of sp³-hybridized carbons (Fsp3) is 0.467. The zero-order valence-electron chi connectivity index (χ0n) is 34.7. The largest absolute Gasteiger partial charge is 0.496 e. The fourth-order valence-corrected chi connectivity index (χ4v) is 9.43. The Balaban J connectivity index is 0.901. The molecule has 1 atom stereocenters. The lowest BCUT2D eigenvalue weighted by Gasteiger charge is -2.52. The Labute approximate surface area is 344 Å². The van der Waals surface area contributed by atoms with Gasteiger partial charge >= 0.3 is 0 Å². The molecule has 0 unspecified atom stereocenters. The summed E-state index contributed by atoms with van der Waals surface area (Å²) in [5.74, 6) is -0.102. The third-order valence-corrected chi connectivity index (χ3v) is 12.3. The number of imide groups is 2. The molecule has 1 spiro atoms. The van der Waals surface area contributed by atoms with Crippen molar-refractivity contribution in [3.63, 3.8) is 0 Å². The number of ether oxygens (including phenoxy) is 3. The average Bonchev–Trinajstić information content (AvgIpc) is 3.45. The summed E-state index contributed by atoms with van der Waals surface area (Å²) in [5.41, 5.74) is 3.24. The van der Waals surface area contributed by atoms with Crippen LogP contribution in [0.4, 0.5) is 0 Å². The maximum absolute atomic E-state index is 13.3. The molecule has 312 valence electrons. The van der Waals surface area contributed by atoms with Gasteiger partial charge in [-0.05, 0) is 132 Å². The molecule has 14 nitrogen and oxygen atoms in total. The number of fused-ring (bicyclic) bond motifs is 1. The highest BCUT2D eigenvalue weighted by molar-refractivity contribution is 6.23. The summed E-state index contributed by atoms with van der Waals surface area (Å²) in [5, 5.41) is 3.48. The second kappa shape index (κ2) is 17.3. The first-order valence-electron chi connectivity index (χ1n) is 20.4. The summed E-state index contributed by atoms with van der Waals surface area (Å²) in [6, 6.07) is 7.95. The van der Waals surface area contributed by atoms with Crippen LogP contribution >= 0.6 is 0 Å². The number of aryl methyl sites for hydroxylation is 1. The number of carbonyl (C=O) groups excluding carboxylic acids is 4. The molecule has 3 aliphatic heterocycles. The molecular weight excluding hydrogens is 753 g/mol. The van der Waals surface area contributed by atoms with E-state index in [1.54, 1.807) is 44.0 Å². The second-order valence-electron chi connectivity index (χ2n) is 16.4. The number of benzene rings is 2. The summed E-state index contributed by atoms with van der Waals surface area (Å²) in [7, 11) is 7.17. The quantitative estimate of drug-likeness (QED) is 0.146. The van der Waals surface area contributed by atoms with E-state index in [1.807, 2.05) is 31.3 Å². The van der Waals surface area contributed by atoms with Gasteiger partial charge < -0.3 is 28.6 Å². The number of carbonyl (C=O) groups is 4. The smallest absolute Gasteiger partial charge is 0.262 e. The van der Waals surface area contributed by atoms with Crippen LogP contribution in [-0.2, 0) is 23.2 Å². The normalized spacial score (nSPS) is 22.5. The van der Waals surface area contributed by atoms with E-state index in [0.717, 1.165) is 85.1 Å². The first-order chi connectivity index (χ1) is 28.4. The monoisotopic (exact) mass is 806 g/mol. The number of hydrogen-bond acceptors (Lipinski definition) is 11. The number of amides is 4. The molecule has 1 aromatic heterocycles. The van der Waals surface area contributed by atoms with Crippen LogP contribution in [0.3, 0.4) is 0 Å². The summed E-state index contributed by atoms with van der Waals surface area (Å²) < 4.78 is 19.7. The van der Waals surface area contributed by atoms with Gasteiger partial charge in [-0.1, -0.05) is 6.08 Å². The van der Waals surface area contributed by atoms with Crippen LogP contribution in [-0.4, -0.2) is 109 Å². The van der Waals surface area contributed by atoms with E-state index in [0.29, 0.717) is 29.0 Å². The molecule has 4 amide bonds. The third-order valence-electron chi connectivity index (χ3n) is 12.3. The molecule has 1 N–H and O–H groups in total. The van der Waals surface area contributed by atoms with Crippen molar-refractivity contribution in [3.05, 3.63) is 74.0 Å². The average molecular weight is 807 g/mol. The van der Waals surface area contributed by atoms with Crippen molar-refractivity contribution in [2.75, 3.05) is 47.4 Å². The number of piperidine rings is 2. The number of nitrogens with one attached hydrogen (secondary N) is 1. The minimum Gasteiger partial charge on any atom is -0.496 e. The SMILES string of the molecule is C=N/C=c1/c(=O)n(C)cc(-c2cc(OC)c(CN(C)CCCCN3CCCC4(CC(Oc5ccc6c(c5)C(=O)N([C@@H]5CCC(=O)NC5=O)C6=O)C4)C3)c(OC)c2)/c1=C/C. The summed E-state index contributed by atoms with van der Waals surface area (Å²) in [6.45, 7) is 10.2. The Morgan fingerprint density at radius 2 is 1.71 bits per heavy atom. The molecule has 2 saturated heterocycles.